The smallest absolute Gasteiger partial charge is 0.191 e. The van der Waals surface area contributed by atoms with E-state index in [1.165, 1.54) is 12.5 Å². The average Bonchev–Trinajstić information content (AvgIpc) is 2.35. The second kappa shape index (κ2) is 9.09. The highest BCUT2D eigenvalue weighted by atomic mass is 28.4. The Bertz CT molecular complexity index is 366. The molecule has 0 heterocycles. The molecule has 0 spiro atoms. The van der Waals surface area contributed by atoms with Crippen LogP contribution in [0.1, 0.15) is 39.7 Å². The second-order valence-electron chi connectivity index (χ2n) is 6.43. The van der Waals surface area contributed by atoms with E-state index in [0.29, 0.717) is 5.04 Å². The van der Waals surface area contributed by atoms with Gasteiger partial charge in [-0.15, -0.1) is 0 Å². The molecule has 0 aliphatic rings. The van der Waals surface area contributed by atoms with Crippen molar-refractivity contribution in [3.8, 4) is 0 Å². The van der Waals surface area contributed by atoms with Crippen molar-refractivity contribution < 1.29 is 9.22 Å². The molecule has 2 nitrogen and oxygen atoms in total. The Hall–Kier alpha value is -0.933. The van der Waals surface area contributed by atoms with Gasteiger partial charge in [0.1, 0.15) is 6.29 Å². The lowest BCUT2D eigenvalue weighted by Crippen LogP contribution is -2.41. The van der Waals surface area contributed by atoms with Gasteiger partial charge < -0.3 is 9.22 Å². The number of aldehydes is 1. The summed E-state index contributed by atoms with van der Waals surface area (Å²) < 4.78 is 6.15. The third kappa shape index (κ3) is 7.61. The molecule has 0 fully saturated rings. The number of aryl methyl sites for hydroxylation is 1. The van der Waals surface area contributed by atoms with Gasteiger partial charge in [0.25, 0.3) is 0 Å². The van der Waals surface area contributed by atoms with Crippen molar-refractivity contribution >= 4 is 14.6 Å². The van der Waals surface area contributed by atoms with Crippen molar-refractivity contribution in [2.24, 2.45) is 0 Å². The Balaban J connectivity index is 0.00000110. The molecule has 0 aliphatic heterocycles. The van der Waals surface area contributed by atoms with Crippen LogP contribution in [-0.4, -0.2) is 21.2 Å². The fourth-order valence-electron chi connectivity index (χ4n) is 1.46. The van der Waals surface area contributed by atoms with Crippen LogP contribution < -0.4 is 0 Å². The minimum Gasteiger partial charge on any atom is -0.417 e. The van der Waals surface area contributed by atoms with Crippen molar-refractivity contribution in [2.75, 3.05) is 6.61 Å². The molecule has 0 aliphatic carbocycles. The number of hydrogen-bond acceptors (Lipinski definition) is 2. The molecule has 0 radical (unpaired) electrons. The van der Waals surface area contributed by atoms with Crippen molar-refractivity contribution in [1.29, 1.82) is 0 Å². The molecule has 3 heteroatoms. The summed E-state index contributed by atoms with van der Waals surface area (Å²) in [4.78, 5) is 8.81. The highest BCUT2D eigenvalue weighted by Gasteiger charge is 2.36. The van der Waals surface area contributed by atoms with Crippen LogP contribution in [0.5, 0.6) is 0 Å². The zero-order valence-corrected chi connectivity index (χ0v) is 14.9. The average molecular weight is 295 g/mol. The van der Waals surface area contributed by atoms with E-state index in [0.717, 1.165) is 25.7 Å². The molecule has 0 aromatic heterocycles. The largest absolute Gasteiger partial charge is 0.417 e. The molecular formula is C17H30O2Si. The number of rotatable bonds is 5. The summed E-state index contributed by atoms with van der Waals surface area (Å²) >= 11 is 0. The van der Waals surface area contributed by atoms with E-state index in [2.05, 4.69) is 64.2 Å². The van der Waals surface area contributed by atoms with Crippen LogP contribution in [0.3, 0.4) is 0 Å². The van der Waals surface area contributed by atoms with Gasteiger partial charge in [-0.05, 0) is 43.5 Å². The maximum atomic E-state index is 8.81. The molecule has 114 valence electrons. The van der Waals surface area contributed by atoms with Gasteiger partial charge in [0, 0.05) is 6.61 Å². The normalized spacial score (nSPS) is 11.5. The molecule has 20 heavy (non-hydrogen) atoms. The first kappa shape index (κ1) is 19.1. The lowest BCUT2D eigenvalue weighted by atomic mass is 10.1. The molecule has 0 N–H and O–H groups in total. The molecule has 0 atom stereocenters. The zero-order valence-electron chi connectivity index (χ0n) is 13.9. The first-order valence-corrected chi connectivity index (χ1v) is 10.2. The van der Waals surface area contributed by atoms with Crippen LogP contribution in [0.4, 0.5) is 0 Å². The van der Waals surface area contributed by atoms with E-state index in [4.69, 9.17) is 9.22 Å². The van der Waals surface area contributed by atoms with Crippen LogP contribution in [0.2, 0.25) is 18.1 Å². The van der Waals surface area contributed by atoms with Crippen LogP contribution in [0, 0.1) is 0 Å². The van der Waals surface area contributed by atoms with E-state index < -0.39 is 8.32 Å². The summed E-state index contributed by atoms with van der Waals surface area (Å²) in [6.45, 7) is 13.8. The first-order chi connectivity index (χ1) is 9.24. The van der Waals surface area contributed by atoms with E-state index in [-0.39, 0.29) is 0 Å². The third-order valence-corrected chi connectivity index (χ3v) is 8.26. The molecule has 0 unspecified atom stereocenters. The fraction of sp³-hybridized carbons (Fsp3) is 0.588. The SMILES string of the molecule is CC(C)(C)[Si](C)(C)OCCCc1ccccc1.CC=O. The minimum absolute atomic E-state index is 0.319. The van der Waals surface area contributed by atoms with Gasteiger partial charge in [0.05, 0.1) is 0 Å². The van der Waals surface area contributed by atoms with Gasteiger partial charge >= 0.3 is 0 Å². The monoisotopic (exact) mass is 294 g/mol. The quantitative estimate of drug-likeness (QED) is 0.441. The van der Waals surface area contributed by atoms with E-state index in [9.17, 15) is 0 Å². The maximum Gasteiger partial charge on any atom is 0.191 e. The molecule has 1 rings (SSSR count). The Morgan fingerprint density at radius 3 is 2.10 bits per heavy atom. The van der Waals surface area contributed by atoms with Gasteiger partial charge in [-0.2, -0.15) is 0 Å². The number of carbonyl (C=O) groups is 1. The van der Waals surface area contributed by atoms with E-state index in [1.54, 1.807) is 0 Å². The number of hydrogen-bond donors (Lipinski definition) is 0. The Labute approximate surface area is 125 Å². The predicted octanol–water partition coefficient (Wildman–Crippen LogP) is 4.85. The van der Waals surface area contributed by atoms with Crippen LogP contribution >= 0.6 is 0 Å². The fourth-order valence-corrected chi connectivity index (χ4v) is 2.55. The van der Waals surface area contributed by atoms with Gasteiger partial charge in [0.2, 0.25) is 0 Å². The summed E-state index contributed by atoms with van der Waals surface area (Å²) in [5.41, 5.74) is 1.41. The molecule has 0 bridgehead atoms. The molecular weight excluding hydrogens is 264 g/mol. The standard InChI is InChI=1S/C15H26OSi.C2H4O/c1-15(2,3)17(4,5)16-13-9-12-14-10-7-6-8-11-14;1-2-3/h6-8,10-11H,9,12-13H2,1-5H3;2H,1H3. The summed E-state index contributed by atoms with van der Waals surface area (Å²) in [5, 5.41) is 0.319. The van der Waals surface area contributed by atoms with Crippen LogP contribution in [0.15, 0.2) is 30.3 Å². The highest BCUT2D eigenvalue weighted by molar-refractivity contribution is 6.74. The Morgan fingerprint density at radius 1 is 1.15 bits per heavy atom. The maximum absolute atomic E-state index is 8.81. The van der Waals surface area contributed by atoms with Crippen LogP contribution in [-0.2, 0) is 15.6 Å². The molecule has 0 saturated carbocycles. The summed E-state index contributed by atoms with van der Waals surface area (Å²) in [6.07, 6.45) is 2.99. The van der Waals surface area contributed by atoms with Gasteiger partial charge in [-0.25, -0.2) is 0 Å². The summed E-state index contributed by atoms with van der Waals surface area (Å²) in [5.74, 6) is 0. The third-order valence-electron chi connectivity index (χ3n) is 3.72. The van der Waals surface area contributed by atoms with Gasteiger partial charge in [-0.1, -0.05) is 51.1 Å². The summed E-state index contributed by atoms with van der Waals surface area (Å²) in [6, 6.07) is 10.6. The second-order valence-corrected chi connectivity index (χ2v) is 11.2. The molecule has 1 aromatic carbocycles. The molecule has 1 aromatic rings. The predicted molar refractivity (Wildman–Crippen MR) is 89.7 cm³/mol. The Kier molecular flexibility index (Phi) is 8.66. The van der Waals surface area contributed by atoms with E-state index in [1.807, 2.05) is 0 Å². The number of carbonyl (C=O) groups excluding carboxylic acids is 1. The molecule has 0 amide bonds. The van der Waals surface area contributed by atoms with Gasteiger partial charge in [-0.3, -0.25) is 0 Å². The van der Waals surface area contributed by atoms with Crippen molar-refractivity contribution in [1.82, 2.24) is 0 Å². The Morgan fingerprint density at radius 2 is 1.65 bits per heavy atom. The zero-order chi connectivity index (χ0) is 15.6. The van der Waals surface area contributed by atoms with Crippen molar-refractivity contribution in [3.05, 3.63) is 35.9 Å². The minimum atomic E-state index is -1.54. The van der Waals surface area contributed by atoms with Crippen molar-refractivity contribution in [3.63, 3.8) is 0 Å². The topological polar surface area (TPSA) is 26.3 Å². The number of benzene rings is 1. The van der Waals surface area contributed by atoms with E-state index >= 15 is 0 Å². The van der Waals surface area contributed by atoms with Crippen molar-refractivity contribution in [2.45, 2.75) is 58.7 Å². The van der Waals surface area contributed by atoms with Gasteiger partial charge in [0.15, 0.2) is 8.32 Å². The highest BCUT2D eigenvalue weighted by Crippen LogP contribution is 2.36. The lowest BCUT2D eigenvalue weighted by Gasteiger charge is -2.36. The summed E-state index contributed by atoms with van der Waals surface area (Å²) in [7, 11) is -1.54. The van der Waals surface area contributed by atoms with Crippen LogP contribution in [0.25, 0.3) is 0 Å². The molecule has 0 saturated heterocycles. The first-order valence-electron chi connectivity index (χ1n) is 7.32. The lowest BCUT2D eigenvalue weighted by molar-refractivity contribution is -0.106.